The first kappa shape index (κ1) is 25.9. The van der Waals surface area contributed by atoms with Gasteiger partial charge in [0.1, 0.15) is 5.75 Å². The maximum atomic E-state index is 13.1. The molecule has 8 heteroatoms. The minimum atomic E-state index is -0.468. The molecule has 2 N–H and O–H groups in total. The molecule has 1 aromatic heterocycles. The summed E-state index contributed by atoms with van der Waals surface area (Å²) in [7, 11) is 2.96. The van der Waals surface area contributed by atoms with E-state index in [4.69, 9.17) is 21.7 Å². The number of methoxy groups -OCH3 is 2. The smallest absolute Gasteiger partial charge is 0.339 e. The Kier molecular flexibility index (Phi) is 7.89. The number of anilines is 1. The molecule has 0 saturated carbocycles. The number of hydrogen-bond acceptors (Lipinski definition) is 5. The number of benzene rings is 3. The van der Waals surface area contributed by atoms with Crippen LogP contribution in [0.3, 0.4) is 0 Å². The van der Waals surface area contributed by atoms with Crippen molar-refractivity contribution >= 4 is 39.9 Å². The molecule has 4 aromatic rings. The van der Waals surface area contributed by atoms with E-state index in [1.54, 1.807) is 25.3 Å². The molecule has 0 radical (unpaired) electrons. The van der Waals surface area contributed by atoms with Gasteiger partial charge in [-0.05, 0) is 73.1 Å². The molecule has 0 saturated heterocycles. The third-order valence-corrected chi connectivity index (χ3v) is 6.64. The Balaban J connectivity index is 1.70. The van der Waals surface area contributed by atoms with Gasteiger partial charge in [0.15, 0.2) is 5.11 Å². The van der Waals surface area contributed by atoms with Gasteiger partial charge in [0.25, 0.3) is 5.56 Å². The minimum Gasteiger partial charge on any atom is -0.497 e. The van der Waals surface area contributed by atoms with Crippen LogP contribution in [0.25, 0.3) is 10.9 Å². The van der Waals surface area contributed by atoms with Gasteiger partial charge in [0.2, 0.25) is 0 Å². The van der Waals surface area contributed by atoms with Crippen LogP contribution in [-0.2, 0) is 17.8 Å². The molecule has 3 aromatic carbocycles. The van der Waals surface area contributed by atoms with Crippen LogP contribution in [0.5, 0.6) is 5.75 Å². The predicted octanol–water partition coefficient (Wildman–Crippen LogP) is 5.34. The molecule has 7 nitrogen and oxygen atoms in total. The number of rotatable bonds is 7. The van der Waals surface area contributed by atoms with Crippen LogP contribution in [0.4, 0.5) is 5.69 Å². The van der Waals surface area contributed by atoms with Gasteiger partial charge in [-0.2, -0.15) is 0 Å². The number of hydrogen-bond donors (Lipinski definition) is 2. The van der Waals surface area contributed by atoms with Crippen LogP contribution in [0.2, 0.25) is 0 Å². The first-order valence-corrected chi connectivity index (χ1v) is 12.2. The Morgan fingerprint density at radius 1 is 0.973 bits per heavy atom. The SMILES string of the molecule is COC(=O)c1ccccc1NC(=S)N(Cc1ccc(OC)cc1)Cc1cc2c(C)ccc(C)c2[nH]c1=O. The number of ether oxygens (including phenoxy) is 2. The number of fused-ring (bicyclic) bond motifs is 1. The molecule has 4 rings (SSSR count). The fraction of sp³-hybridized carbons (Fsp3) is 0.207. The summed E-state index contributed by atoms with van der Waals surface area (Å²) in [6, 6.07) is 20.6. The van der Waals surface area contributed by atoms with Crippen LogP contribution in [0.15, 0.2) is 71.5 Å². The van der Waals surface area contributed by atoms with E-state index in [0.29, 0.717) is 28.5 Å². The number of para-hydroxylation sites is 1. The van der Waals surface area contributed by atoms with Crippen molar-refractivity contribution in [2.45, 2.75) is 26.9 Å². The van der Waals surface area contributed by atoms with E-state index >= 15 is 0 Å². The van der Waals surface area contributed by atoms with E-state index in [9.17, 15) is 9.59 Å². The molecular weight excluding hydrogens is 486 g/mol. The van der Waals surface area contributed by atoms with Crippen molar-refractivity contribution in [1.82, 2.24) is 9.88 Å². The average molecular weight is 516 g/mol. The molecule has 0 bridgehead atoms. The van der Waals surface area contributed by atoms with Crippen molar-refractivity contribution in [3.8, 4) is 5.75 Å². The lowest BCUT2D eigenvalue weighted by molar-refractivity contribution is 0.0602. The van der Waals surface area contributed by atoms with Gasteiger partial charge in [-0.25, -0.2) is 4.79 Å². The fourth-order valence-corrected chi connectivity index (χ4v) is 4.41. The summed E-state index contributed by atoms with van der Waals surface area (Å²) < 4.78 is 10.2. The molecule has 0 amide bonds. The Bertz CT molecular complexity index is 1510. The molecular formula is C29H29N3O4S. The van der Waals surface area contributed by atoms with Crippen LogP contribution in [0, 0.1) is 13.8 Å². The highest BCUT2D eigenvalue weighted by Crippen LogP contribution is 2.22. The highest BCUT2D eigenvalue weighted by molar-refractivity contribution is 7.80. The molecule has 37 heavy (non-hydrogen) atoms. The maximum Gasteiger partial charge on any atom is 0.339 e. The van der Waals surface area contributed by atoms with Crippen LogP contribution in [0.1, 0.15) is 32.6 Å². The molecule has 190 valence electrons. The van der Waals surface area contributed by atoms with E-state index in [-0.39, 0.29) is 12.1 Å². The quantitative estimate of drug-likeness (QED) is 0.254. The number of thiocarbonyl (C=S) groups is 1. The highest BCUT2D eigenvalue weighted by Gasteiger charge is 2.18. The van der Waals surface area contributed by atoms with E-state index < -0.39 is 5.97 Å². The highest BCUT2D eigenvalue weighted by atomic mass is 32.1. The number of H-pyrrole nitrogens is 1. The van der Waals surface area contributed by atoms with E-state index in [2.05, 4.69) is 10.3 Å². The number of carbonyl (C=O) groups is 1. The van der Waals surface area contributed by atoms with Crippen molar-refractivity contribution in [2.75, 3.05) is 19.5 Å². The molecule has 0 aliphatic heterocycles. The lowest BCUT2D eigenvalue weighted by atomic mass is 10.0. The van der Waals surface area contributed by atoms with Gasteiger partial charge in [0, 0.05) is 17.5 Å². The molecule has 0 aliphatic carbocycles. The summed E-state index contributed by atoms with van der Waals surface area (Å²) in [6.07, 6.45) is 0. The van der Waals surface area contributed by atoms with Gasteiger partial charge in [0.05, 0.1) is 37.5 Å². The zero-order chi connectivity index (χ0) is 26.5. The van der Waals surface area contributed by atoms with Crippen molar-refractivity contribution in [3.05, 3.63) is 105 Å². The third-order valence-electron chi connectivity index (χ3n) is 6.28. The zero-order valence-electron chi connectivity index (χ0n) is 21.3. The summed E-state index contributed by atoms with van der Waals surface area (Å²) in [4.78, 5) is 30.3. The molecule has 0 fully saturated rings. The predicted molar refractivity (Wildman–Crippen MR) is 150 cm³/mol. The first-order valence-electron chi connectivity index (χ1n) is 11.8. The average Bonchev–Trinajstić information content (AvgIpc) is 2.91. The Hall–Kier alpha value is -4.17. The van der Waals surface area contributed by atoms with Gasteiger partial charge in [-0.3, -0.25) is 4.79 Å². The van der Waals surface area contributed by atoms with Crippen LogP contribution >= 0.6 is 12.2 Å². The van der Waals surface area contributed by atoms with Crippen LogP contribution in [-0.4, -0.2) is 35.2 Å². The second-order valence-electron chi connectivity index (χ2n) is 8.78. The van der Waals surface area contributed by atoms with Gasteiger partial charge in [-0.1, -0.05) is 36.4 Å². The molecule has 1 heterocycles. The third kappa shape index (κ3) is 5.81. The van der Waals surface area contributed by atoms with Crippen LogP contribution < -0.4 is 15.6 Å². The van der Waals surface area contributed by atoms with Gasteiger partial charge >= 0.3 is 5.97 Å². The van der Waals surface area contributed by atoms with E-state index in [1.807, 2.05) is 67.3 Å². The zero-order valence-corrected chi connectivity index (χ0v) is 22.1. The lowest BCUT2D eigenvalue weighted by Crippen LogP contribution is -2.36. The number of aryl methyl sites for hydroxylation is 2. The Morgan fingerprint density at radius 3 is 2.38 bits per heavy atom. The van der Waals surface area contributed by atoms with Crippen molar-refractivity contribution in [3.63, 3.8) is 0 Å². The summed E-state index contributed by atoms with van der Waals surface area (Å²) in [5.41, 5.74) is 5.21. The second-order valence-corrected chi connectivity index (χ2v) is 9.17. The normalized spacial score (nSPS) is 10.7. The number of aromatic amines is 1. The maximum absolute atomic E-state index is 13.1. The summed E-state index contributed by atoms with van der Waals surface area (Å²) in [5.74, 6) is 0.282. The Morgan fingerprint density at radius 2 is 1.68 bits per heavy atom. The van der Waals surface area contributed by atoms with Crippen molar-refractivity contribution in [2.24, 2.45) is 0 Å². The number of nitrogens with zero attached hydrogens (tertiary/aromatic N) is 1. The topological polar surface area (TPSA) is 83.7 Å². The molecule has 0 unspecified atom stereocenters. The van der Waals surface area contributed by atoms with Crippen molar-refractivity contribution in [1.29, 1.82) is 0 Å². The Labute approximate surface area is 221 Å². The van der Waals surface area contributed by atoms with E-state index in [0.717, 1.165) is 33.3 Å². The number of esters is 1. The van der Waals surface area contributed by atoms with Gasteiger partial charge in [-0.15, -0.1) is 0 Å². The fourth-order valence-electron chi connectivity index (χ4n) is 4.17. The summed E-state index contributed by atoms with van der Waals surface area (Å²) in [5, 5.41) is 4.55. The first-order chi connectivity index (χ1) is 17.8. The second kappa shape index (κ2) is 11.3. The number of aromatic nitrogens is 1. The minimum absolute atomic E-state index is 0.168. The summed E-state index contributed by atoms with van der Waals surface area (Å²) >= 11 is 5.80. The largest absolute Gasteiger partial charge is 0.497 e. The monoisotopic (exact) mass is 515 g/mol. The molecule has 0 aliphatic rings. The molecule has 0 spiro atoms. The molecule has 0 atom stereocenters. The number of carbonyl (C=O) groups excluding carboxylic acids is 1. The lowest BCUT2D eigenvalue weighted by Gasteiger charge is -2.27. The number of pyridine rings is 1. The van der Waals surface area contributed by atoms with E-state index in [1.165, 1.54) is 7.11 Å². The van der Waals surface area contributed by atoms with Gasteiger partial charge < -0.3 is 24.7 Å². The summed E-state index contributed by atoms with van der Waals surface area (Å²) in [6.45, 7) is 4.69. The number of nitrogens with one attached hydrogen (secondary N) is 2. The standard InChI is InChI=1S/C29H29N3O4S/c1-18-9-10-19(2)26-24(18)15-21(27(33)31-26)17-32(16-20-11-13-22(35-3)14-12-20)29(37)30-25-8-6-5-7-23(25)28(34)36-4/h5-15H,16-17H2,1-4H3,(H,30,37)(H,31,33). The van der Waals surface area contributed by atoms with Crippen molar-refractivity contribution < 1.29 is 14.3 Å².